The minimum absolute atomic E-state index is 0.103. The van der Waals surface area contributed by atoms with Crippen LogP contribution >= 0.6 is 11.6 Å². The predicted molar refractivity (Wildman–Crippen MR) is 127 cm³/mol. The number of halogens is 1. The van der Waals surface area contributed by atoms with Crippen LogP contribution in [0.3, 0.4) is 0 Å². The van der Waals surface area contributed by atoms with Gasteiger partial charge in [0.15, 0.2) is 0 Å². The fourth-order valence-electron chi connectivity index (χ4n) is 5.14. The van der Waals surface area contributed by atoms with Crippen LogP contribution in [-0.2, 0) is 4.79 Å². The normalized spacial score (nSPS) is 26.7. The van der Waals surface area contributed by atoms with Crippen LogP contribution in [0.2, 0.25) is 5.02 Å². The average Bonchev–Trinajstić information content (AvgIpc) is 2.70. The van der Waals surface area contributed by atoms with Gasteiger partial charge in [0.25, 0.3) is 0 Å². The van der Waals surface area contributed by atoms with Gasteiger partial charge in [-0.3, -0.25) is 9.69 Å². The van der Waals surface area contributed by atoms with Gasteiger partial charge in [0.2, 0.25) is 5.91 Å². The molecular formula is C25H40ClN3O2. The van der Waals surface area contributed by atoms with Crippen LogP contribution in [0.15, 0.2) is 24.3 Å². The Bertz CT molecular complexity index is 718. The van der Waals surface area contributed by atoms with E-state index in [1.807, 2.05) is 45.0 Å². The SMILES string of the molecule is C[C@@H](NC[C@@H](O)CN1C[C@H]2CCCC[C@H]2C[C@H]1C(=O)NC(C)(C)C)c1ccc(Cl)cc1. The van der Waals surface area contributed by atoms with Gasteiger partial charge in [-0.25, -0.2) is 0 Å². The third-order valence-electron chi connectivity index (χ3n) is 6.78. The second kappa shape index (κ2) is 10.7. The molecule has 2 aliphatic rings. The second-order valence-corrected chi connectivity index (χ2v) is 11.0. The van der Waals surface area contributed by atoms with Crippen molar-refractivity contribution in [3.63, 3.8) is 0 Å². The zero-order valence-corrected chi connectivity index (χ0v) is 20.3. The van der Waals surface area contributed by atoms with E-state index in [0.717, 1.165) is 23.6 Å². The largest absolute Gasteiger partial charge is 0.390 e. The molecule has 6 heteroatoms. The number of aliphatic hydroxyl groups excluding tert-OH is 1. The van der Waals surface area contributed by atoms with E-state index >= 15 is 0 Å². The quantitative estimate of drug-likeness (QED) is 0.585. The van der Waals surface area contributed by atoms with Crippen molar-refractivity contribution in [1.29, 1.82) is 0 Å². The molecule has 174 valence electrons. The van der Waals surface area contributed by atoms with Gasteiger partial charge in [-0.2, -0.15) is 0 Å². The first kappa shape index (κ1) is 24.5. The Morgan fingerprint density at radius 1 is 1.19 bits per heavy atom. The van der Waals surface area contributed by atoms with E-state index in [9.17, 15) is 9.90 Å². The lowest BCUT2D eigenvalue weighted by molar-refractivity contribution is -0.132. The van der Waals surface area contributed by atoms with Gasteiger partial charge in [0, 0.05) is 36.2 Å². The summed E-state index contributed by atoms with van der Waals surface area (Å²) in [5.74, 6) is 1.40. The van der Waals surface area contributed by atoms with Crippen LogP contribution in [0.5, 0.6) is 0 Å². The number of β-amino-alcohol motifs (C(OH)–C–C–N with tert-alkyl or cyclic N) is 1. The molecule has 0 aromatic heterocycles. The van der Waals surface area contributed by atoms with Crippen LogP contribution < -0.4 is 10.6 Å². The number of carbonyl (C=O) groups excluding carboxylic acids is 1. The van der Waals surface area contributed by atoms with E-state index in [1.54, 1.807) is 0 Å². The lowest BCUT2D eigenvalue weighted by atomic mass is 9.72. The van der Waals surface area contributed by atoms with Crippen molar-refractivity contribution < 1.29 is 9.90 Å². The van der Waals surface area contributed by atoms with Gasteiger partial charge < -0.3 is 15.7 Å². The number of rotatable bonds is 7. The molecule has 0 radical (unpaired) electrons. The lowest BCUT2D eigenvalue weighted by Gasteiger charge is -2.46. The fourth-order valence-corrected chi connectivity index (χ4v) is 5.27. The minimum Gasteiger partial charge on any atom is -0.390 e. The Labute approximate surface area is 192 Å². The fraction of sp³-hybridized carbons (Fsp3) is 0.720. The van der Waals surface area contributed by atoms with Gasteiger partial charge in [0.05, 0.1) is 12.1 Å². The smallest absolute Gasteiger partial charge is 0.237 e. The van der Waals surface area contributed by atoms with Gasteiger partial charge in [-0.1, -0.05) is 43.0 Å². The topological polar surface area (TPSA) is 64.6 Å². The Balaban J connectivity index is 1.59. The van der Waals surface area contributed by atoms with Gasteiger partial charge in [-0.15, -0.1) is 0 Å². The first-order chi connectivity index (χ1) is 14.6. The molecule has 3 N–H and O–H groups in total. The van der Waals surface area contributed by atoms with Gasteiger partial charge >= 0.3 is 0 Å². The van der Waals surface area contributed by atoms with Crippen molar-refractivity contribution in [2.24, 2.45) is 11.8 Å². The first-order valence-corrected chi connectivity index (χ1v) is 12.2. The standard InChI is InChI=1S/C25H40ClN3O2/c1-17(18-9-11-21(26)12-10-18)27-14-22(30)16-29-15-20-8-6-5-7-19(20)13-23(29)24(31)28-25(2,3)4/h9-12,17,19-20,22-23,27,30H,5-8,13-16H2,1-4H3,(H,28,31)/t17-,19+,20-,22-,23+/m1/s1. The average molecular weight is 450 g/mol. The van der Waals surface area contributed by atoms with Crippen molar-refractivity contribution in [3.8, 4) is 0 Å². The molecule has 0 unspecified atom stereocenters. The van der Waals surface area contributed by atoms with Gasteiger partial charge in [-0.05, 0) is 70.1 Å². The maximum absolute atomic E-state index is 13.1. The highest BCUT2D eigenvalue weighted by Crippen LogP contribution is 2.38. The first-order valence-electron chi connectivity index (χ1n) is 11.9. The summed E-state index contributed by atoms with van der Waals surface area (Å²) in [7, 11) is 0. The van der Waals surface area contributed by atoms with Crippen molar-refractivity contribution in [1.82, 2.24) is 15.5 Å². The lowest BCUT2D eigenvalue weighted by Crippen LogP contribution is -2.59. The Kier molecular flexibility index (Phi) is 8.42. The molecule has 0 spiro atoms. The molecule has 1 saturated carbocycles. The number of piperidine rings is 1. The molecule has 1 saturated heterocycles. The summed E-state index contributed by atoms with van der Waals surface area (Å²) in [5.41, 5.74) is 0.891. The molecular weight excluding hydrogens is 410 g/mol. The third kappa shape index (κ3) is 7.18. The summed E-state index contributed by atoms with van der Waals surface area (Å²) >= 11 is 5.98. The predicted octanol–water partition coefficient (Wildman–Crippen LogP) is 4.15. The molecule has 1 amide bonds. The van der Waals surface area contributed by atoms with Crippen molar-refractivity contribution in [3.05, 3.63) is 34.9 Å². The van der Waals surface area contributed by atoms with E-state index in [4.69, 9.17) is 11.6 Å². The Morgan fingerprint density at radius 3 is 2.48 bits per heavy atom. The number of aliphatic hydroxyl groups is 1. The highest BCUT2D eigenvalue weighted by atomic mass is 35.5. The Hall–Kier alpha value is -1.14. The van der Waals surface area contributed by atoms with Crippen LogP contribution in [0.4, 0.5) is 0 Å². The molecule has 5 nitrogen and oxygen atoms in total. The minimum atomic E-state index is -0.528. The number of hydrogen-bond donors (Lipinski definition) is 3. The van der Waals surface area contributed by atoms with E-state index in [2.05, 4.69) is 22.5 Å². The molecule has 2 fully saturated rings. The van der Waals surface area contributed by atoms with Crippen LogP contribution in [0.1, 0.15) is 71.4 Å². The molecule has 3 rings (SSSR count). The number of fused-ring (bicyclic) bond motifs is 1. The number of hydrogen-bond acceptors (Lipinski definition) is 4. The summed E-state index contributed by atoms with van der Waals surface area (Å²) in [4.78, 5) is 15.3. The maximum Gasteiger partial charge on any atom is 0.237 e. The number of nitrogens with one attached hydrogen (secondary N) is 2. The molecule has 0 bridgehead atoms. The van der Waals surface area contributed by atoms with Crippen molar-refractivity contribution in [2.75, 3.05) is 19.6 Å². The van der Waals surface area contributed by atoms with E-state index < -0.39 is 6.10 Å². The molecule has 1 aliphatic carbocycles. The number of amides is 1. The highest BCUT2D eigenvalue weighted by molar-refractivity contribution is 6.30. The molecule has 1 aromatic rings. The Morgan fingerprint density at radius 2 is 1.84 bits per heavy atom. The van der Waals surface area contributed by atoms with Crippen LogP contribution in [0, 0.1) is 11.8 Å². The summed E-state index contributed by atoms with van der Waals surface area (Å²) in [5, 5.41) is 18.1. The zero-order valence-electron chi connectivity index (χ0n) is 19.5. The van der Waals surface area contributed by atoms with Crippen LogP contribution in [-0.4, -0.2) is 53.2 Å². The third-order valence-corrected chi connectivity index (χ3v) is 7.03. The molecule has 31 heavy (non-hydrogen) atoms. The monoisotopic (exact) mass is 449 g/mol. The molecule has 1 aliphatic heterocycles. The number of carbonyl (C=O) groups is 1. The molecule has 1 aromatic carbocycles. The summed E-state index contributed by atoms with van der Waals surface area (Å²) in [6, 6.07) is 7.76. The highest BCUT2D eigenvalue weighted by Gasteiger charge is 2.40. The zero-order chi connectivity index (χ0) is 22.6. The number of likely N-dealkylation sites (tertiary alicyclic amines) is 1. The second-order valence-electron chi connectivity index (χ2n) is 10.6. The van der Waals surface area contributed by atoms with E-state index in [-0.39, 0.29) is 23.5 Å². The summed E-state index contributed by atoms with van der Waals surface area (Å²) < 4.78 is 0. The van der Waals surface area contributed by atoms with Crippen molar-refractivity contribution >= 4 is 17.5 Å². The maximum atomic E-state index is 13.1. The summed E-state index contributed by atoms with van der Waals surface area (Å²) in [6.45, 7) is 10.1. The van der Waals surface area contributed by atoms with E-state index in [0.29, 0.717) is 24.9 Å². The van der Waals surface area contributed by atoms with E-state index in [1.165, 1.54) is 25.7 Å². The van der Waals surface area contributed by atoms with Gasteiger partial charge in [0.1, 0.15) is 0 Å². The van der Waals surface area contributed by atoms with Crippen LogP contribution in [0.25, 0.3) is 0 Å². The van der Waals surface area contributed by atoms with Crippen molar-refractivity contribution in [2.45, 2.75) is 83.5 Å². The number of benzene rings is 1. The summed E-state index contributed by atoms with van der Waals surface area (Å²) in [6.07, 6.45) is 5.44. The number of nitrogens with zero attached hydrogens (tertiary/aromatic N) is 1. The molecule has 5 atom stereocenters. The molecule has 1 heterocycles.